The second-order valence-electron chi connectivity index (χ2n) is 15.0. The van der Waals surface area contributed by atoms with Gasteiger partial charge in [-0.1, -0.05) is 0 Å². The van der Waals surface area contributed by atoms with Crippen LogP contribution in [0.15, 0.2) is 30.7 Å². The van der Waals surface area contributed by atoms with E-state index in [1.54, 1.807) is 11.1 Å². The van der Waals surface area contributed by atoms with Crippen LogP contribution in [0.2, 0.25) is 0 Å². The largest absolute Gasteiger partial charge is 0.451 e. The molecule has 0 atom stereocenters. The topological polar surface area (TPSA) is 103 Å². The fourth-order valence-electron chi connectivity index (χ4n) is 8.77. The van der Waals surface area contributed by atoms with E-state index in [4.69, 9.17) is 4.74 Å². The molecule has 2 N–H and O–H groups in total. The number of piperidine rings is 1. The predicted molar refractivity (Wildman–Crippen MR) is 173 cm³/mol. The summed E-state index contributed by atoms with van der Waals surface area (Å²) in [6.07, 6.45) is 11.1. The lowest BCUT2D eigenvalue weighted by atomic mass is 9.69. The summed E-state index contributed by atoms with van der Waals surface area (Å²) in [7, 11) is 0. The number of aromatic nitrogens is 2. The number of nitrogens with zero attached hydrogens (tertiary/aromatic N) is 5. The summed E-state index contributed by atoms with van der Waals surface area (Å²) in [6.45, 7) is 13.2. The van der Waals surface area contributed by atoms with Gasteiger partial charge in [-0.25, -0.2) is 14.4 Å². The van der Waals surface area contributed by atoms with Crippen molar-refractivity contribution in [2.24, 2.45) is 16.7 Å². The van der Waals surface area contributed by atoms with Gasteiger partial charge >= 0.3 is 0 Å². The van der Waals surface area contributed by atoms with E-state index in [0.29, 0.717) is 29.8 Å². The predicted octanol–water partition coefficient (Wildman–Crippen LogP) is 4.22. The van der Waals surface area contributed by atoms with Crippen LogP contribution in [-0.2, 0) is 4.79 Å². The molecule has 2 aromatic rings. The van der Waals surface area contributed by atoms with Gasteiger partial charge in [-0.05, 0) is 103 Å². The lowest BCUT2D eigenvalue weighted by Gasteiger charge is -2.55. The second-order valence-corrected chi connectivity index (χ2v) is 15.0. The molecular weight excluding hydrogens is 585 g/mol. The number of halogens is 1. The van der Waals surface area contributed by atoms with E-state index < -0.39 is 5.82 Å². The van der Waals surface area contributed by atoms with Crippen molar-refractivity contribution in [3.8, 4) is 11.5 Å². The van der Waals surface area contributed by atoms with Crippen LogP contribution < -0.4 is 20.3 Å². The van der Waals surface area contributed by atoms with Crippen LogP contribution in [0, 0.1) is 22.6 Å². The number of amides is 2. The summed E-state index contributed by atoms with van der Waals surface area (Å²) >= 11 is 0. The summed E-state index contributed by atoms with van der Waals surface area (Å²) in [5.41, 5.74) is 0.373. The molecule has 0 radical (unpaired) electrons. The number of anilines is 1. The van der Waals surface area contributed by atoms with Crippen molar-refractivity contribution >= 4 is 17.6 Å². The molecule has 4 aliphatic heterocycles. The molecule has 0 bridgehead atoms. The molecule has 46 heavy (non-hydrogen) atoms. The monoisotopic (exact) mass is 633 g/mol. The SMILES string of the molecule is CCN(C(=O)c1cc(F)ccc1Oc1cncnc1N1CC2(CCN(CC3CCC4(CC3)CC3(CNC3)C(=O)N4)CC2)C1)C(C)C. The van der Waals surface area contributed by atoms with Crippen LogP contribution in [-0.4, -0.2) is 95.5 Å². The summed E-state index contributed by atoms with van der Waals surface area (Å²) in [5, 5.41) is 6.73. The van der Waals surface area contributed by atoms with Crippen molar-refractivity contribution in [3.63, 3.8) is 0 Å². The van der Waals surface area contributed by atoms with Crippen LogP contribution in [0.4, 0.5) is 10.2 Å². The third-order valence-corrected chi connectivity index (χ3v) is 11.6. The van der Waals surface area contributed by atoms with Crippen LogP contribution in [0.3, 0.4) is 0 Å². The van der Waals surface area contributed by atoms with E-state index in [1.807, 2.05) is 20.8 Å². The van der Waals surface area contributed by atoms with Crippen LogP contribution >= 0.6 is 0 Å². The third kappa shape index (κ3) is 5.74. The van der Waals surface area contributed by atoms with Gasteiger partial charge in [-0.3, -0.25) is 9.59 Å². The first-order valence-electron chi connectivity index (χ1n) is 17.2. The molecular formula is C35H48FN7O3. The van der Waals surface area contributed by atoms with E-state index in [2.05, 4.69) is 30.4 Å². The number of carbonyl (C=O) groups is 2. The zero-order valence-corrected chi connectivity index (χ0v) is 27.5. The number of hydrogen-bond donors (Lipinski definition) is 2. The summed E-state index contributed by atoms with van der Waals surface area (Å²) in [4.78, 5) is 41.4. The average Bonchev–Trinajstić information content (AvgIpc) is 3.31. The van der Waals surface area contributed by atoms with Crippen molar-refractivity contribution in [2.45, 2.75) is 77.3 Å². The maximum Gasteiger partial charge on any atom is 0.257 e. The Morgan fingerprint density at radius 3 is 2.50 bits per heavy atom. The standard InChI is InChI=1S/C35H48FN7O3/c1-4-43(24(2)3)31(44)27-15-26(36)5-6-28(27)46-29-16-37-23-39-30(29)42-21-33(22-42)11-13-41(14-12-33)17-25-7-9-35(10-8-25)18-34(19-38-20-34)32(45)40-35/h5-6,15-16,23-25,38H,4,7-14,17-22H2,1-3H3,(H,40,45). The van der Waals surface area contributed by atoms with Gasteiger partial charge in [-0.2, -0.15) is 0 Å². The number of hydrogen-bond acceptors (Lipinski definition) is 8. The zero-order chi connectivity index (χ0) is 32.1. The van der Waals surface area contributed by atoms with Gasteiger partial charge in [0, 0.05) is 56.3 Å². The smallest absolute Gasteiger partial charge is 0.257 e. The van der Waals surface area contributed by atoms with E-state index in [9.17, 15) is 14.0 Å². The molecule has 5 heterocycles. The molecule has 3 spiro atoms. The molecule has 4 saturated heterocycles. The van der Waals surface area contributed by atoms with Crippen LogP contribution in [0.5, 0.6) is 11.5 Å². The molecule has 5 fully saturated rings. The van der Waals surface area contributed by atoms with Gasteiger partial charge in [0.25, 0.3) is 5.91 Å². The molecule has 1 aromatic carbocycles. The summed E-state index contributed by atoms with van der Waals surface area (Å²) < 4.78 is 20.6. The highest BCUT2D eigenvalue weighted by atomic mass is 19.1. The Kier molecular flexibility index (Phi) is 8.20. The number of rotatable bonds is 8. The first-order valence-corrected chi connectivity index (χ1v) is 17.2. The fourth-order valence-corrected chi connectivity index (χ4v) is 8.77. The Balaban J connectivity index is 0.931. The Hall–Kier alpha value is -3.31. The minimum atomic E-state index is -0.481. The number of nitrogens with one attached hydrogen (secondary N) is 2. The molecule has 1 aromatic heterocycles. The number of ether oxygens (including phenoxy) is 1. The lowest BCUT2D eigenvalue weighted by molar-refractivity contribution is -0.130. The highest BCUT2D eigenvalue weighted by Gasteiger charge is 2.57. The summed E-state index contributed by atoms with van der Waals surface area (Å²) in [5.74, 6) is 1.71. The molecule has 1 saturated carbocycles. The van der Waals surface area contributed by atoms with Crippen LogP contribution in [0.1, 0.15) is 76.1 Å². The normalized spacial score (nSPS) is 26.7. The van der Waals surface area contributed by atoms with Gasteiger partial charge < -0.3 is 30.1 Å². The van der Waals surface area contributed by atoms with Gasteiger partial charge in [0.05, 0.1) is 17.2 Å². The first kappa shape index (κ1) is 31.3. The molecule has 2 amide bonds. The van der Waals surface area contributed by atoms with Gasteiger partial charge in [-0.15, -0.1) is 0 Å². The van der Waals surface area contributed by atoms with E-state index in [1.165, 1.54) is 37.4 Å². The Labute approximate surface area is 271 Å². The minimum Gasteiger partial charge on any atom is -0.451 e. The molecule has 1 aliphatic carbocycles. The van der Waals surface area contributed by atoms with Crippen molar-refractivity contribution in [2.75, 3.05) is 57.3 Å². The van der Waals surface area contributed by atoms with Crippen molar-refractivity contribution < 1.29 is 18.7 Å². The third-order valence-electron chi connectivity index (χ3n) is 11.6. The maximum atomic E-state index is 14.3. The molecule has 5 aliphatic rings. The Bertz CT molecular complexity index is 1460. The van der Waals surface area contributed by atoms with Gasteiger partial charge in [0.15, 0.2) is 11.6 Å². The molecule has 10 nitrogen and oxygen atoms in total. The first-order chi connectivity index (χ1) is 22.1. The fraction of sp³-hybridized carbons (Fsp3) is 0.657. The minimum absolute atomic E-state index is 0.0265. The van der Waals surface area contributed by atoms with Crippen molar-refractivity contribution in [3.05, 3.63) is 42.1 Å². The van der Waals surface area contributed by atoms with Crippen LogP contribution in [0.25, 0.3) is 0 Å². The quantitative estimate of drug-likeness (QED) is 0.446. The zero-order valence-electron chi connectivity index (χ0n) is 27.5. The van der Waals surface area contributed by atoms with E-state index in [-0.39, 0.29) is 39.8 Å². The Morgan fingerprint density at radius 2 is 1.87 bits per heavy atom. The van der Waals surface area contributed by atoms with E-state index >= 15 is 0 Å². The van der Waals surface area contributed by atoms with Gasteiger partial charge in [0.2, 0.25) is 5.91 Å². The van der Waals surface area contributed by atoms with Crippen molar-refractivity contribution in [1.29, 1.82) is 0 Å². The molecule has 0 unspecified atom stereocenters. The summed E-state index contributed by atoms with van der Waals surface area (Å²) in [6, 6.07) is 4.05. The maximum absolute atomic E-state index is 14.3. The van der Waals surface area contributed by atoms with Crippen molar-refractivity contribution in [1.82, 2.24) is 30.4 Å². The van der Waals surface area contributed by atoms with Gasteiger partial charge in [0.1, 0.15) is 17.9 Å². The second kappa shape index (κ2) is 12.0. The molecule has 11 heteroatoms. The average molecular weight is 634 g/mol. The number of carbonyl (C=O) groups excluding carboxylic acids is 2. The molecule has 7 rings (SSSR count). The molecule has 248 valence electrons. The lowest BCUT2D eigenvalue weighted by Crippen LogP contribution is -2.61. The Morgan fingerprint density at radius 1 is 1.13 bits per heavy atom. The highest BCUT2D eigenvalue weighted by Crippen LogP contribution is 2.48. The highest BCUT2D eigenvalue weighted by molar-refractivity contribution is 5.97. The number of likely N-dealkylation sites (tertiary alicyclic amines) is 1. The number of benzene rings is 1. The van der Waals surface area contributed by atoms with E-state index in [0.717, 1.165) is 77.9 Å².